The van der Waals surface area contributed by atoms with Gasteiger partial charge in [0.25, 0.3) is 11.7 Å². The summed E-state index contributed by atoms with van der Waals surface area (Å²) >= 11 is 0. The molecule has 14 heteroatoms. The Morgan fingerprint density at radius 2 is 1.65 bits per heavy atom. The third kappa shape index (κ3) is 12.4. The molecule has 1 amide bonds. The van der Waals surface area contributed by atoms with Gasteiger partial charge in [0.15, 0.2) is 0 Å². The first-order chi connectivity index (χ1) is 28.5. The standard InChI is InChI=1S/C46H71NO13/c1-10-13-33-21-27(2)20-28(3)22-38(55-7)42-39(56-8)24-30(5)46(54,60-42)43(51)44(52)47-19-12-11-14-35(47)45(53)59-41(31(6)36(48)25-37(33)49)29(4)23-32-15-17-34(18-16-32)58-26-40(50)57-9/h10,21,23,28,30-36,38-39,41-42,48,54H,1,11-20,22,24-26H2,2-9H3/b27-21+,29-23+/t28-,30+,31+,32?,33+,34?,35-,36-,38-,39-,41+,42+,46+/m0/s1. The van der Waals surface area contributed by atoms with Gasteiger partial charge in [-0.2, -0.15) is 0 Å². The van der Waals surface area contributed by atoms with Crippen LogP contribution in [0.2, 0.25) is 0 Å². The Kier molecular flexibility index (Phi) is 18.7. The van der Waals surface area contributed by atoms with E-state index in [1.54, 1.807) is 19.9 Å². The minimum Gasteiger partial charge on any atom is -0.467 e. The predicted octanol–water partition coefficient (Wildman–Crippen LogP) is 5.21. The maximum absolute atomic E-state index is 14.4. The summed E-state index contributed by atoms with van der Waals surface area (Å²) in [5.41, 5.74) is 1.64. The van der Waals surface area contributed by atoms with Crippen LogP contribution in [0.15, 0.2) is 36.0 Å². The smallest absolute Gasteiger partial charge is 0.331 e. The maximum atomic E-state index is 14.4. The SMILES string of the molecule is C=CC[C@@H]1/C=C(\C)C[C@H](C)C[C@H](OC)[C@H]2O[C@@](O)(C(=O)C(=O)N3CCCC[C@H]3C(=O)O[C@H](/C(C)=C/C3CCC(OCC(=O)OC)CC3)[C@H](C)[C@@H](O)CC1=O)[C@H](C)C[C@@H]2OC. The minimum absolute atomic E-state index is 0.00603. The highest BCUT2D eigenvalue weighted by Gasteiger charge is 2.56. The summed E-state index contributed by atoms with van der Waals surface area (Å²) in [6, 6.07) is -1.14. The zero-order valence-corrected chi connectivity index (χ0v) is 37.1. The van der Waals surface area contributed by atoms with E-state index < -0.39 is 83.7 Å². The van der Waals surface area contributed by atoms with Crippen molar-refractivity contribution in [3.8, 4) is 0 Å². The van der Waals surface area contributed by atoms with E-state index in [-0.39, 0.29) is 56.1 Å². The lowest BCUT2D eigenvalue weighted by molar-refractivity contribution is -0.302. The number of fused-ring (bicyclic) bond motifs is 3. The number of ether oxygens (including phenoxy) is 6. The maximum Gasteiger partial charge on any atom is 0.331 e. The molecule has 3 heterocycles. The number of aliphatic hydroxyl groups is 2. The zero-order valence-electron chi connectivity index (χ0n) is 37.1. The van der Waals surface area contributed by atoms with Crippen LogP contribution in [-0.2, 0) is 52.4 Å². The molecule has 1 saturated carbocycles. The fraction of sp³-hybridized carbons (Fsp3) is 0.761. The Hall–Kier alpha value is -3.27. The summed E-state index contributed by atoms with van der Waals surface area (Å²) in [7, 11) is 4.37. The summed E-state index contributed by atoms with van der Waals surface area (Å²) in [5, 5.41) is 23.8. The van der Waals surface area contributed by atoms with Crippen molar-refractivity contribution in [3.05, 3.63) is 36.0 Å². The number of nitrogens with zero attached hydrogens (tertiary/aromatic N) is 1. The normalized spacial score (nSPS) is 38.1. The number of allylic oxidation sites excluding steroid dienone is 4. The molecule has 2 saturated heterocycles. The quantitative estimate of drug-likeness (QED) is 0.175. The van der Waals surface area contributed by atoms with E-state index in [1.165, 1.54) is 26.2 Å². The molecule has 0 spiro atoms. The summed E-state index contributed by atoms with van der Waals surface area (Å²) in [4.78, 5) is 69.6. The van der Waals surface area contributed by atoms with Gasteiger partial charge < -0.3 is 43.5 Å². The number of piperidine rings is 1. The molecule has 338 valence electrons. The summed E-state index contributed by atoms with van der Waals surface area (Å²) in [5.74, 6) is -8.10. The molecule has 60 heavy (non-hydrogen) atoms. The van der Waals surface area contributed by atoms with Crippen LogP contribution in [0.1, 0.15) is 112 Å². The molecule has 0 aromatic carbocycles. The minimum atomic E-state index is -2.51. The number of hydrogen-bond donors (Lipinski definition) is 2. The van der Waals surface area contributed by atoms with Crippen LogP contribution in [0.5, 0.6) is 0 Å². The van der Waals surface area contributed by atoms with Gasteiger partial charge in [0.05, 0.1) is 31.5 Å². The largest absolute Gasteiger partial charge is 0.467 e. The first kappa shape index (κ1) is 49.4. The number of aliphatic hydroxyl groups excluding tert-OH is 1. The van der Waals surface area contributed by atoms with Crippen LogP contribution in [0.3, 0.4) is 0 Å². The number of methoxy groups -OCH3 is 3. The van der Waals surface area contributed by atoms with Gasteiger partial charge in [-0.25, -0.2) is 9.59 Å². The van der Waals surface area contributed by atoms with Gasteiger partial charge in [-0.1, -0.05) is 44.6 Å². The number of Topliss-reactive ketones (excluding diaryl/α,β-unsaturated/α-hetero) is 2. The van der Waals surface area contributed by atoms with E-state index in [2.05, 4.69) is 6.58 Å². The zero-order chi connectivity index (χ0) is 44.3. The lowest BCUT2D eigenvalue weighted by Gasteiger charge is -2.47. The molecule has 3 aliphatic heterocycles. The van der Waals surface area contributed by atoms with E-state index in [4.69, 9.17) is 28.4 Å². The Morgan fingerprint density at radius 3 is 2.28 bits per heavy atom. The van der Waals surface area contributed by atoms with Gasteiger partial charge in [0.1, 0.15) is 30.6 Å². The van der Waals surface area contributed by atoms with Gasteiger partial charge in [0.2, 0.25) is 5.79 Å². The Labute approximate surface area is 356 Å². The number of esters is 2. The third-order valence-electron chi connectivity index (χ3n) is 13.2. The first-order valence-corrected chi connectivity index (χ1v) is 21.8. The molecule has 0 aromatic rings. The van der Waals surface area contributed by atoms with Crippen molar-refractivity contribution in [2.45, 2.75) is 160 Å². The Bertz CT molecular complexity index is 1570. The van der Waals surface area contributed by atoms with Crippen molar-refractivity contribution in [3.63, 3.8) is 0 Å². The monoisotopic (exact) mass is 845 g/mol. The van der Waals surface area contributed by atoms with Gasteiger partial charge in [-0.05, 0) is 102 Å². The van der Waals surface area contributed by atoms with Crippen molar-refractivity contribution in [1.29, 1.82) is 0 Å². The molecule has 1 aliphatic carbocycles. The average molecular weight is 846 g/mol. The third-order valence-corrected chi connectivity index (χ3v) is 13.2. The molecule has 2 N–H and O–H groups in total. The second-order valence-electron chi connectivity index (χ2n) is 17.8. The van der Waals surface area contributed by atoms with Crippen LogP contribution in [0.25, 0.3) is 0 Å². The molecule has 3 fully saturated rings. The molecule has 11 atom stereocenters. The van der Waals surface area contributed by atoms with Crippen molar-refractivity contribution >= 4 is 29.4 Å². The number of carbonyl (C=O) groups excluding carboxylic acids is 5. The number of amides is 1. The summed E-state index contributed by atoms with van der Waals surface area (Å²) in [6.07, 6.45) is 7.00. The number of cyclic esters (lactones) is 1. The second kappa shape index (κ2) is 22.7. The molecule has 0 aromatic heterocycles. The topological polar surface area (TPSA) is 184 Å². The Balaban J connectivity index is 1.72. The first-order valence-electron chi connectivity index (χ1n) is 21.8. The molecule has 4 rings (SSSR count). The van der Waals surface area contributed by atoms with Gasteiger partial charge in [-0.3, -0.25) is 14.4 Å². The van der Waals surface area contributed by atoms with Crippen LogP contribution in [0, 0.1) is 29.6 Å². The van der Waals surface area contributed by atoms with Crippen LogP contribution in [-0.4, -0.2) is 127 Å². The van der Waals surface area contributed by atoms with Gasteiger partial charge in [-0.15, -0.1) is 6.58 Å². The Morgan fingerprint density at radius 1 is 0.983 bits per heavy atom. The highest BCUT2D eigenvalue weighted by Crippen LogP contribution is 2.39. The van der Waals surface area contributed by atoms with Crippen molar-refractivity contribution < 1.29 is 62.6 Å². The number of hydrogen-bond acceptors (Lipinski definition) is 13. The lowest BCUT2D eigenvalue weighted by atomic mass is 9.82. The summed E-state index contributed by atoms with van der Waals surface area (Å²) in [6.45, 7) is 13.0. The fourth-order valence-corrected chi connectivity index (χ4v) is 9.54. The van der Waals surface area contributed by atoms with Crippen molar-refractivity contribution in [2.75, 3.05) is 34.5 Å². The van der Waals surface area contributed by atoms with E-state index in [9.17, 15) is 34.2 Å². The molecule has 0 radical (unpaired) electrons. The number of ketones is 2. The molecule has 2 bridgehead atoms. The number of rotatable bonds is 9. The van der Waals surface area contributed by atoms with Gasteiger partial charge in [0, 0.05) is 44.9 Å². The predicted molar refractivity (Wildman–Crippen MR) is 222 cm³/mol. The van der Waals surface area contributed by atoms with E-state index in [0.29, 0.717) is 50.5 Å². The van der Waals surface area contributed by atoms with E-state index >= 15 is 0 Å². The molecular weight excluding hydrogens is 774 g/mol. The fourth-order valence-electron chi connectivity index (χ4n) is 9.54. The van der Waals surface area contributed by atoms with Crippen molar-refractivity contribution in [1.82, 2.24) is 4.90 Å². The molecular formula is C46H71NO13. The second-order valence-corrected chi connectivity index (χ2v) is 17.8. The molecule has 14 nitrogen and oxygen atoms in total. The highest BCUT2D eigenvalue weighted by atomic mass is 16.7. The molecule has 4 aliphatic rings. The number of carbonyl (C=O) groups is 5. The lowest BCUT2D eigenvalue weighted by Crippen LogP contribution is -2.64. The highest BCUT2D eigenvalue weighted by molar-refractivity contribution is 6.39. The van der Waals surface area contributed by atoms with Crippen LogP contribution in [0.4, 0.5) is 0 Å². The van der Waals surface area contributed by atoms with E-state index in [1.807, 2.05) is 32.9 Å². The van der Waals surface area contributed by atoms with Gasteiger partial charge >= 0.3 is 11.9 Å². The van der Waals surface area contributed by atoms with Crippen molar-refractivity contribution in [2.24, 2.45) is 29.6 Å². The summed E-state index contributed by atoms with van der Waals surface area (Å²) < 4.78 is 34.7. The van der Waals surface area contributed by atoms with Crippen LogP contribution < -0.4 is 0 Å². The average Bonchev–Trinajstić information content (AvgIpc) is 3.23. The van der Waals surface area contributed by atoms with E-state index in [0.717, 1.165) is 18.4 Å². The molecule has 0 unspecified atom stereocenters. The van der Waals surface area contributed by atoms with Crippen LogP contribution >= 0.6 is 0 Å².